The van der Waals surface area contributed by atoms with Gasteiger partial charge in [-0.3, -0.25) is 9.97 Å². The highest BCUT2D eigenvalue weighted by molar-refractivity contribution is 7.31. The Balaban J connectivity index is 1.22. The first-order valence-electron chi connectivity index (χ1n) is 18.7. The lowest BCUT2D eigenvalue weighted by atomic mass is 10.0. The fraction of sp³-hybridized carbons (Fsp3) is 0.350. The van der Waals surface area contributed by atoms with Crippen LogP contribution in [0, 0.1) is 5.92 Å². The predicted molar refractivity (Wildman–Crippen MR) is 235 cm³/mol. The lowest BCUT2D eigenvalue weighted by molar-refractivity contribution is 0.486. The van der Waals surface area contributed by atoms with Crippen LogP contribution in [0.1, 0.15) is 72.1 Å². The summed E-state index contributed by atoms with van der Waals surface area (Å²) in [7, 11) is -2.19. The van der Waals surface area contributed by atoms with Crippen LogP contribution in [0.4, 0.5) is 0 Å². The Hall–Kier alpha value is -3.04. The van der Waals surface area contributed by atoms with Gasteiger partial charge in [-0.05, 0) is 63.4 Å². The van der Waals surface area contributed by atoms with Gasteiger partial charge in [0, 0.05) is 43.0 Å². The molecule has 0 N–H and O–H groups in total. The van der Waals surface area contributed by atoms with E-state index in [1.807, 2.05) is 35.1 Å². The van der Waals surface area contributed by atoms with Gasteiger partial charge < -0.3 is 0 Å². The van der Waals surface area contributed by atoms with Crippen molar-refractivity contribution >= 4 is 109 Å². The monoisotopic (exact) mass is 824 g/mol. The summed E-state index contributed by atoms with van der Waals surface area (Å²) in [4.78, 5) is 18.0. The highest BCUT2D eigenvalue weighted by Gasteiger charge is 2.49. The van der Waals surface area contributed by atoms with Crippen LogP contribution in [-0.4, -0.2) is 35.5 Å². The van der Waals surface area contributed by atoms with E-state index in [9.17, 15) is 0 Å². The summed E-state index contributed by atoms with van der Waals surface area (Å²) in [5.74, 6) is 0.716. The minimum Gasteiger partial charge on any atom is -0.252 e. The second kappa shape index (κ2) is 15.2. The SMILES string of the molecule is CCCCCC[Si]1(CC(CC)CCCC)c2cc(-c3ncc(-c4cccs4)c4nsnc34)sc2-c2sc(-c3ncc(-c4cccs4)c4nsnc34)cc21. The molecule has 270 valence electrons. The third-order valence-corrected chi connectivity index (χ3v) is 22.0. The molecule has 0 bridgehead atoms. The summed E-state index contributed by atoms with van der Waals surface area (Å²) >= 11 is 9.90. The van der Waals surface area contributed by atoms with Gasteiger partial charge in [0.25, 0.3) is 0 Å². The molecule has 6 nitrogen and oxygen atoms in total. The molecule has 8 aromatic rings. The van der Waals surface area contributed by atoms with Crippen LogP contribution in [0.2, 0.25) is 12.1 Å². The predicted octanol–water partition coefficient (Wildman–Crippen LogP) is 12.7. The zero-order chi connectivity index (χ0) is 35.9. The lowest BCUT2D eigenvalue weighted by Gasteiger charge is -2.33. The Bertz CT molecular complexity index is 2330. The average molecular weight is 825 g/mol. The van der Waals surface area contributed by atoms with Crippen molar-refractivity contribution < 1.29 is 0 Å². The quantitative estimate of drug-likeness (QED) is 0.0757. The third kappa shape index (κ3) is 6.29. The number of fused-ring (bicyclic) bond motifs is 5. The number of pyridine rings is 2. The van der Waals surface area contributed by atoms with E-state index in [1.165, 1.54) is 116 Å². The van der Waals surface area contributed by atoms with Crippen LogP contribution in [-0.2, 0) is 0 Å². The van der Waals surface area contributed by atoms with E-state index in [4.69, 9.17) is 27.5 Å². The molecule has 53 heavy (non-hydrogen) atoms. The lowest BCUT2D eigenvalue weighted by Crippen LogP contribution is -2.55. The molecule has 1 atom stereocenters. The number of thiophene rings is 4. The van der Waals surface area contributed by atoms with E-state index in [1.54, 1.807) is 33.0 Å². The van der Waals surface area contributed by atoms with E-state index in [0.717, 1.165) is 44.6 Å². The van der Waals surface area contributed by atoms with E-state index in [0.29, 0.717) is 5.92 Å². The van der Waals surface area contributed by atoms with Crippen LogP contribution < -0.4 is 10.4 Å². The first-order chi connectivity index (χ1) is 26.1. The molecule has 0 saturated carbocycles. The Morgan fingerprint density at radius 1 is 0.623 bits per heavy atom. The molecule has 0 spiro atoms. The van der Waals surface area contributed by atoms with Crippen molar-refractivity contribution in [1.82, 2.24) is 27.5 Å². The Morgan fingerprint density at radius 2 is 1.17 bits per heavy atom. The standard InChI is InChI=1S/C40H40N6S6Si/c1-4-7-9-10-18-53(23-24(6-3)13-8-5-2)31-19-29(35-37-33(43-51-45-37)25(21-41-35)27-14-11-16-47-27)49-39(31)40-32(53)20-30(50-40)36-38-34(44-52-46-38)26(22-42-36)28-15-12-17-48-28/h11-12,14-17,19-22,24H,4-10,13,18,23H2,1-3H3. The normalized spacial score (nSPS) is 14.0. The van der Waals surface area contributed by atoms with Crippen molar-refractivity contribution in [3.63, 3.8) is 0 Å². The van der Waals surface area contributed by atoms with Gasteiger partial charge >= 0.3 is 0 Å². The maximum atomic E-state index is 5.15. The fourth-order valence-corrected chi connectivity index (χ4v) is 20.7. The minimum atomic E-state index is -2.19. The molecule has 1 aliphatic rings. The molecule has 1 unspecified atom stereocenters. The average Bonchev–Trinajstić information content (AvgIpc) is 4.04. The third-order valence-electron chi connectivity index (χ3n) is 11.0. The van der Waals surface area contributed by atoms with Crippen LogP contribution in [0.3, 0.4) is 0 Å². The van der Waals surface area contributed by atoms with E-state index in [-0.39, 0.29) is 0 Å². The molecule has 8 aromatic heterocycles. The number of aromatic nitrogens is 6. The van der Waals surface area contributed by atoms with Gasteiger partial charge in [0.05, 0.1) is 33.2 Å². The van der Waals surface area contributed by atoms with Crippen LogP contribution in [0.15, 0.2) is 59.6 Å². The molecule has 0 aliphatic carbocycles. The maximum Gasteiger partial charge on any atom is 0.132 e. The Labute approximate surface area is 335 Å². The second-order valence-corrected chi connectivity index (χ2v) is 23.3. The van der Waals surface area contributed by atoms with Gasteiger partial charge in [0.15, 0.2) is 0 Å². The molecule has 0 radical (unpaired) electrons. The number of unbranched alkanes of at least 4 members (excludes halogenated alkanes) is 4. The van der Waals surface area contributed by atoms with Crippen molar-refractivity contribution in [1.29, 1.82) is 0 Å². The first-order valence-corrected chi connectivity index (χ1v) is 26.0. The summed E-state index contributed by atoms with van der Waals surface area (Å²) in [6.07, 6.45) is 14.3. The molecule has 0 amide bonds. The van der Waals surface area contributed by atoms with Gasteiger partial charge in [-0.1, -0.05) is 84.3 Å². The number of rotatable bonds is 15. The smallest absolute Gasteiger partial charge is 0.132 e. The highest BCUT2D eigenvalue weighted by atomic mass is 32.1. The minimum absolute atomic E-state index is 0.716. The van der Waals surface area contributed by atoms with Crippen LogP contribution in [0.5, 0.6) is 0 Å². The molecule has 0 fully saturated rings. The van der Waals surface area contributed by atoms with Gasteiger partial charge in [-0.25, -0.2) is 0 Å². The molecule has 0 aromatic carbocycles. The molecular formula is C40H40N6S6Si. The topological polar surface area (TPSA) is 77.3 Å². The Morgan fingerprint density at radius 3 is 1.66 bits per heavy atom. The molecular weight excluding hydrogens is 785 g/mol. The van der Waals surface area contributed by atoms with Crippen LogP contribution in [0.25, 0.3) is 73.8 Å². The molecule has 13 heteroatoms. The zero-order valence-electron chi connectivity index (χ0n) is 30.1. The molecule has 9 heterocycles. The summed E-state index contributed by atoms with van der Waals surface area (Å²) in [6.45, 7) is 7.08. The van der Waals surface area contributed by atoms with E-state index in [2.05, 4.69) is 67.9 Å². The highest BCUT2D eigenvalue weighted by Crippen LogP contribution is 2.49. The van der Waals surface area contributed by atoms with Crippen molar-refractivity contribution in [2.24, 2.45) is 5.92 Å². The summed E-state index contributed by atoms with van der Waals surface area (Å²) in [5, 5.41) is 7.51. The largest absolute Gasteiger partial charge is 0.252 e. The second-order valence-electron chi connectivity index (χ2n) is 14.1. The van der Waals surface area contributed by atoms with Crippen molar-refractivity contribution in [3.05, 3.63) is 59.6 Å². The number of hydrogen-bond donors (Lipinski definition) is 0. The van der Waals surface area contributed by atoms with E-state index < -0.39 is 8.07 Å². The van der Waals surface area contributed by atoms with E-state index >= 15 is 0 Å². The fourth-order valence-electron chi connectivity index (χ4n) is 8.22. The van der Waals surface area contributed by atoms with Crippen molar-refractivity contribution in [2.75, 3.05) is 0 Å². The van der Waals surface area contributed by atoms with Crippen molar-refractivity contribution in [2.45, 2.75) is 84.2 Å². The summed E-state index contributed by atoms with van der Waals surface area (Å²) in [5.41, 5.74) is 7.85. The molecule has 0 saturated heterocycles. The van der Waals surface area contributed by atoms with Crippen molar-refractivity contribution in [3.8, 4) is 51.8 Å². The molecule has 9 rings (SSSR count). The van der Waals surface area contributed by atoms with Crippen LogP contribution >= 0.6 is 68.8 Å². The van der Waals surface area contributed by atoms with Gasteiger partial charge in [0.2, 0.25) is 0 Å². The molecule has 1 aliphatic heterocycles. The number of nitrogens with zero attached hydrogens (tertiary/aromatic N) is 6. The summed E-state index contributed by atoms with van der Waals surface area (Å²) in [6, 6.07) is 16.2. The van der Waals surface area contributed by atoms with Gasteiger partial charge in [-0.2, -0.15) is 17.5 Å². The Kier molecular flexibility index (Phi) is 10.2. The van der Waals surface area contributed by atoms with Gasteiger partial charge in [-0.15, -0.1) is 45.3 Å². The number of hydrogen-bond acceptors (Lipinski definition) is 12. The van der Waals surface area contributed by atoms with Gasteiger partial charge in [0.1, 0.15) is 41.5 Å². The first kappa shape index (κ1) is 35.6. The zero-order valence-corrected chi connectivity index (χ0v) is 36.0. The summed E-state index contributed by atoms with van der Waals surface area (Å²) < 4.78 is 19.3. The maximum absolute atomic E-state index is 5.15.